The molecule has 0 radical (unpaired) electrons. The molecule has 1 aliphatic heterocycles. The molecule has 1 aromatic rings. The fraction of sp³-hybridized carbons (Fsp3) is 0.444. The van der Waals surface area contributed by atoms with Gasteiger partial charge >= 0.3 is 12.0 Å². The van der Waals surface area contributed by atoms with Crippen LogP contribution in [0.2, 0.25) is 0 Å². The summed E-state index contributed by atoms with van der Waals surface area (Å²) in [5.41, 5.74) is -0.408. The van der Waals surface area contributed by atoms with Gasteiger partial charge in [0.2, 0.25) is 0 Å². The van der Waals surface area contributed by atoms with Gasteiger partial charge in [-0.05, 0) is 44.9 Å². The summed E-state index contributed by atoms with van der Waals surface area (Å²) in [6, 6.07) is 3.49. The number of amides is 4. The maximum atomic E-state index is 13.5. The van der Waals surface area contributed by atoms with Crippen molar-refractivity contribution in [2.24, 2.45) is 0 Å². The molecule has 0 unspecified atom stereocenters. The van der Waals surface area contributed by atoms with E-state index in [2.05, 4.69) is 10.6 Å². The van der Waals surface area contributed by atoms with Crippen LogP contribution in [0.25, 0.3) is 0 Å². The zero-order valence-corrected chi connectivity index (χ0v) is 15.6. The fourth-order valence-electron chi connectivity index (χ4n) is 2.46. The van der Waals surface area contributed by atoms with Crippen LogP contribution in [0.5, 0.6) is 0 Å². The molecule has 4 amide bonds. The highest BCUT2D eigenvalue weighted by atomic mass is 19.1. The van der Waals surface area contributed by atoms with E-state index in [4.69, 9.17) is 4.74 Å². The number of hydrogen-bond donors (Lipinski definition) is 2. The molecule has 1 aliphatic rings. The third kappa shape index (κ3) is 4.42. The van der Waals surface area contributed by atoms with Crippen molar-refractivity contribution < 1.29 is 28.3 Å². The van der Waals surface area contributed by atoms with Gasteiger partial charge in [-0.3, -0.25) is 19.3 Å². The molecule has 1 fully saturated rings. The molecule has 0 aromatic heterocycles. The summed E-state index contributed by atoms with van der Waals surface area (Å²) in [6.07, 6.45) is -0.824. The van der Waals surface area contributed by atoms with E-state index in [1.807, 2.05) is 0 Å². The Morgan fingerprint density at radius 3 is 2.59 bits per heavy atom. The maximum absolute atomic E-state index is 13.5. The summed E-state index contributed by atoms with van der Waals surface area (Å²) in [7, 11) is 0. The molecule has 0 aliphatic carbocycles. The molecule has 2 rings (SSSR count). The number of carbonyl (C=O) groups excluding carboxylic acids is 4. The average Bonchev–Trinajstić information content (AvgIpc) is 2.82. The molecule has 1 saturated heterocycles. The van der Waals surface area contributed by atoms with Gasteiger partial charge in [0.1, 0.15) is 17.9 Å². The number of ether oxygens (including phenoxy) is 1. The second kappa shape index (κ2) is 7.73. The maximum Gasteiger partial charge on any atom is 0.327 e. The Labute approximate surface area is 156 Å². The topological polar surface area (TPSA) is 105 Å². The summed E-state index contributed by atoms with van der Waals surface area (Å²) < 4.78 is 18.5. The number of rotatable bonds is 6. The lowest BCUT2D eigenvalue weighted by Gasteiger charge is -2.19. The number of anilines is 1. The molecule has 2 atom stereocenters. The third-order valence-corrected chi connectivity index (χ3v) is 4.46. The van der Waals surface area contributed by atoms with Gasteiger partial charge in [-0.15, -0.1) is 0 Å². The highest BCUT2D eigenvalue weighted by Gasteiger charge is 2.47. The number of esters is 1. The summed E-state index contributed by atoms with van der Waals surface area (Å²) in [5.74, 6) is -2.58. The van der Waals surface area contributed by atoms with Crippen molar-refractivity contribution in [1.82, 2.24) is 10.2 Å². The van der Waals surface area contributed by atoms with Crippen molar-refractivity contribution in [2.75, 3.05) is 11.9 Å². The number of nitrogens with zero attached hydrogens (tertiary/aromatic N) is 1. The Bertz CT molecular complexity index is 797. The Balaban J connectivity index is 1.93. The van der Waals surface area contributed by atoms with Gasteiger partial charge in [0.25, 0.3) is 11.8 Å². The number of benzene rings is 1. The molecular weight excluding hydrogens is 357 g/mol. The summed E-state index contributed by atoms with van der Waals surface area (Å²) in [4.78, 5) is 49.0. The van der Waals surface area contributed by atoms with E-state index >= 15 is 0 Å². The Morgan fingerprint density at radius 1 is 1.37 bits per heavy atom. The summed E-state index contributed by atoms with van der Waals surface area (Å²) in [6.45, 7) is 5.62. The first-order valence-electron chi connectivity index (χ1n) is 8.48. The van der Waals surface area contributed by atoms with Crippen molar-refractivity contribution in [2.45, 2.75) is 45.8 Å². The first-order valence-corrected chi connectivity index (χ1v) is 8.48. The Morgan fingerprint density at radius 2 is 2.04 bits per heavy atom. The SMILES string of the molecule is CC[C@@]1(C)NC(=O)N(CC(=O)O[C@@H](C)C(=O)Nc2ccc(C)c(F)c2)C1=O. The molecule has 1 heterocycles. The zero-order valence-electron chi connectivity index (χ0n) is 15.6. The van der Waals surface area contributed by atoms with Crippen LogP contribution in [0.3, 0.4) is 0 Å². The van der Waals surface area contributed by atoms with E-state index in [1.54, 1.807) is 20.8 Å². The quantitative estimate of drug-likeness (QED) is 0.578. The highest BCUT2D eigenvalue weighted by Crippen LogP contribution is 2.20. The third-order valence-electron chi connectivity index (χ3n) is 4.46. The minimum absolute atomic E-state index is 0.221. The van der Waals surface area contributed by atoms with Crippen molar-refractivity contribution in [3.8, 4) is 0 Å². The summed E-state index contributed by atoms with van der Waals surface area (Å²) in [5, 5.41) is 4.95. The van der Waals surface area contributed by atoms with Gasteiger partial charge in [0.05, 0.1) is 0 Å². The van der Waals surface area contributed by atoms with E-state index < -0.39 is 47.8 Å². The van der Waals surface area contributed by atoms with Gasteiger partial charge in [-0.25, -0.2) is 9.18 Å². The zero-order chi connectivity index (χ0) is 20.4. The molecule has 2 N–H and O–H groups in total. The van der Waals surface area contributed by atoms with E-state index in [1.165, 1.54) is 19.1 Å². The Hall–Kier alpha value is -2.97. The molecular formula is C18H22FN3O5. The summed E-state index contributed by atoms with van der Waals surface area (Å²) >= 11 is 0. The van der Waals surface area contributed by atoms with E-state index in [0.717, 1.165) is 11.0 Å². The van der Waals surface area contributed by atoms with E-state index in [9.17, 15) is 23.6 Å². The van der Waals surface area contributed by atoms with Gasteiger partial charge < -0.3 is 15.4 Å². The minimum atomic E-state index is -1.19. The van der Waals surface area contributed by atoms with Crippen LogP contribution in [0.15, 0.2) is 18.2 Å². The molecule has 0 bridgehead atoms. The minimum Gasteiger partial charge on any atom is -0.451 e. The fourth-order valence-corrected chi connectivity index (χ4v) is 2.46. The monoisotopic (exact) mass is 379 g/mol. The van der Waals surface area contributed by atoms with Crippen molar-refractivity contribution in [1.29, 1.82) is 0 Å². The predicted octanol–water partition coefficient (Wildman–Crippen LogP) is 1.72. The molecule has 1 aromatic carbocycles. The lowest BCUT2D eigenvalue weighted by atomic mass is 9.99. The number of nitrogens with one attached hydrogen (secondary N) is 2. The number of aryl methyl sites for hydroxylation is 1. The van der Waals surface area contributed by atoms with Gasteiger partial charge in [-0.1, -0.05) is 13.0 Å². The largest absolute Gasteiger partial charge is 0.451 e. The number of carbonyl (C=O) groups is 4. The predicted molar refractivity (Wildman–Crippen MR) is 94.3 cm³/mol. The second-order valence-electron chi connectivity index (χ2n) is 6.59. The molecule has 0 saturated carbocycles. The van der Waals surface area contributed by atoms with Crippen LogP contribution in [-0.4, -0.2) is 46.9 Å². The van der Waals surface area contributed by atoms with Crippen LogP contribution in [0.1, 0.15) is 32.8 Å². The van der Waals surface area contributed by atoms with Crippen LogP contribution in [0.4, 0.5) is 14.9 Å². The first-order chi connectivity index (χ1) is 12.6. The standard InChI is InChI=1S/C18H22FN3O5/c1-5-18(4)16(25)22(17(26)21-18)9-14(23)27-11(3)15(24)20-12-7-6-10(2)13(19)8-12/h6-8,11H,5,9H2,1-4H3,(H,20,24)(H,21,26)/t11-,18+/m0/s1. The number of imide groups is 1. The van der Waals surface area contributed by atoms with E-state index in [-0.39, 0.29) is 5.69 Å². The van der Waals surface area contributed by atoms with Gasteiger partial charge in [-0.2, -0.15) is 0 Å². The van der Waals surface area contributed by atoms with Crippen LogP contribution in [0, 0.1) is 12.7 Å². The number of halogens is 1. The van der Waals surface area contributed by atoms with Crippen molar-refractivity contribution in [3.63, 3.8) is 0 Å². The molecule has 8 nitrogen and oxygen atoms in total. The molecule has 0 spiro atoms. The van der Waals surface area contributed by atoms with Gasteiger partial charge in [0.15, 0.2) is 6.10 Å². The lowest BCUT2D eigenvalue weighted by Crippen LogP contribution is -2.44. The lowest BCUT2D eigenvalue weighted by molar-refractivity contribution is -0.155. The number of hydrogen-bond acceptors (Lipinski definition) is 5. The Kier molecular flexibility index (Phi) is 5.82. The van der Waals surface area contributed by atoms with Crippen LogP contribution >= 0.6 is 0 Å². The normalized spacial score (nSPS) is 20.3. The second-order valence-corrected chi connectivity index (χ2v) is 6.59. The number of urea groups is 1. The molecule has 9 heteroatoms. The average molecular weight is 379 g/mol. The van der Waals surface area contributed by atoms with Crippen molar-refractivity contribution in [3.05, 3.63) is 29.6 Å². The van der Waals surface area contributed by atoms with Crippen LogP contribution in [-0.2, 0) is 19.1 Å². The van der Waals surface area contributed by atoms with Crippen LogP contribution < -0.4 is 10.6 Å². The highest BCUT2D eigenvalue weighted by molar-refractivity contribution is 6.08. The molecule has 27 heavy (non-hydrogen) atoms. The smallest absolute Gasteiger partial charge is 0.327 e. The van der Waals surface area contributed by atoms with Gasteiger partial charge in [0, 0.05) is 5.69 Å². The van der Waals surface area contributed by atoms with Crippen molar-refractivity contribution >= 4 is 29.5 Å². The first kappa shape index (κ1) is 20.3. The molecule has 146 valence electrons. The van der Waals surface area contributed by atoms with E-state index in [0.29, 0.717) is 12.0 Å².